The van der Waals surface area contributed by atoms with Gasteiger partial charge in [-0.3, -0.25) is 0 Å². The van der Waals surface area contributed by atoms with E-state index in [0.717, 1.165) is 0 Å². The fraction of sp³-hybridized carbons (Fsp3) is 0.643. The molecule has 168 valence electrons. The Labute approximate surface area is 190 Å². The second-order valence-electron chi connectivity index (χ2n) is 12.8. The van der Waals surface area contributed by atoms with Crippen LogP contribution in [-0.2, 0) is 12.3 Å². The highest BCUT2D eigenvalue weighted by atomic mass is 31.1. The number of rotatable bonds is 4. The highest BCUT2D eigenvalue weighted by Crippen LogP contribution is 2.64. The van der Waals surface area contributed by atoms with Crippen molar-refractivity contribution >= 4 is 26.6 Å². The molecule has 30 heavy (non-hydrogen) atoms. The predicted molar refractivity (Wildman–Crippen MR) is 144 cm³/mol. The minimum Gasteiger partial charge on any atom is -0.0911 e. The largest absolute Gasteiger partial charge is 0.0911 e. The summed E-state index contributed by atoms with van der Waals surface area (Å²) in [5.74, 6) is 0. The monoisotopic (exact) mass is 444 g/mol. The van der Waals surface area contributed by atoms with E-state index in [1.807, 2.05) is 0 Å². The van der Waals surface area contributed by atoms with Crippen molar-refractivity contribution in [3.8, 4) is 0 Å². The fourth-order valence-electron chi connectivity index (χ4n) is 4.93. The van der Waals surface area contributed by atoms with E-state index in [0.29, 0.717) is 20.6 Å². The van der Waals surface area contributed by atoms with Gasteiger partial charge >= 0.3 is 0 Å². The Morgan fingerprint density at radius 2 is 0.767 bits per heavy atom. The molecule has 0 radical (unpaired) electrons. The molecule has 2 aromatic carbocycles. The van der Waals surface area contributed by atoms with Crippen LogP contribution in [0.4, 0.5) is 0 Å². The number of hydrogen-bond donors (Lipinski definition) is 0. The zero-order valence-electron chi connectivity index (χ0n) is 21.8. The van der Waals surface area contributed by atoms with E-state index in [9.17, 15) is 0 Å². The summed E-state index contributed by atoms with van der Waals surface area (Å²) >= 11 is 0. The van der Waals surface area contributed by atoms with Crippen molar-refractivity contribution in [1.82, 2.24) is 0 Å². The molecular weight excluding hydrogens is 398 g/mol. The molecule has 0 N–H and O–H groups in total. The van der Waals surface area contributed by atoms with Crippen LogP contribution >= 0.6 is 15.8 Å². The van der Waals surface area contributed by atoms with Gasteiger partial charge in [0.1, 0.15) is 0 Å². The molecule has 2 aromatic rings. The van der Waals surface area contributed by atoms with Crippen LogP contribution in [0.1, 0.15) is 94.2 Å². The van der Waals surface area contributed by atoms with Crippen LogP contribution in [0.25, 0.3) is 10.8 Å². The molecule has 0 spiro atoms. The van der Waals surface area contributed by atoms with Gasteiger partial charge in [0.25, 0.3) is 0 Å². The van der Waals surface area contributed by atoms with Gasteiger partial charge in [-0.25, -0.2) is 0 Å². The number of fused-ring (bicyclic) bond motifs is 1. The van der Waals surface area contributed by atoms with Crippen molar-refractivity contribution in [2.75, 3.05) is 0 Å². The first-order valence-corrected chi connectivity index (χ1v) is 14.5. The lowest BCUT2D eigenvalue weighted by atomic mass is 10.0. The zero-order valence-corrected chi connectivity index (χ0v) is 23.6. The lowest BCUT2D eigenvalue weighted by Gasteiger charge is -2.44. The summed E-state index contributed by atoms with van der Waals surface area (Å²) in [6.45, 7) is 29.4. The molecule has 0 atom stereocenters. The second-order valence-corrected chi connectivity index (χ2v) is 20.5. The summed E-state index contributed by atoms with van der Waals surface area (Å²) in [6, 6.07) is 14.0. The Kier molecular flexibility index (Phi) is 7.60. The van der Waals surface area contributed by atoms with Crippen molar-refractivity contribution < 1.29 is 0 Å². The quantitative estimate of drug-likeness (QED) is 0.412. The molecule has 0 aliphatic heterocycles. The van der Waals surface area contributed by atoms with Crippen LogP contribution in [0.3, 0.4) is 0 Å². The Balaban J connectivity index is 2.63. The first kappa shape index (κ1) is 25.8. The van der Waals surface area contributed by atoms with E-state index in [4.69, 9.17) is 0 Å². The number of hydrogen-bond acceptors (Lipinski definition) is 0. The van der Waals surface area contributed by atoms with Gasteiger partial charge in [0.15, 0.2) is 0 Å². The average Bonchev–Trinajstić information content (AvgIpc) is 2.53. The van der Waals surface area contributed by atoms with E-state index < -0.39 is 0 Å². The molecule has 2 rings (SSSR count). The molecule has 0 aromatic heterocycles. The SMILES string of the molecule is CC(C)(C)P(Cc1cc2ccccc2cc1CP(C(C)(C)C)C(C)(C)C)C(C)(C)C. The van der Waals surface area contributed by atoms with E-state index in [-0.39, 0.29) is 15.8 Å². The zero-order chi connectivity index (χ0) is 23.1. The Morgan fingerprint density at radius 1 is 0.500 bits per heavy atom. The van der Waals surface area contributed by atoms with Gasteiger partial charge in [0.2, 0.25) is 0 Å². The molecule has 0 nitrogen and oxygen atoms in total. The highest BCUT2D eigenvalue weighted by Gasteiger charge is 2.37. The predicted octanol–water partition coefficient (Wildman–Crippen LogP) is 10.00. The third kappa shape index (κ3) is 6.53. The Bertz CT molecular complexity index is 751. The molecule has 0 bridgehead atoms. The van der Waals surface area contributed by atoms with Crippen LogP contribution in [-0.4, -0.2) is 20.6 Å². The summed E-state index contributed by atoms with van der Waals surface area (Å²) in [6.07, 6.45) is 2.44. The first-order chi connectivity index (χ1) is 13.4. The van der Waals surface area contributed by atoms with Gasteiger partial charge in [-0.1, -0.05) is 135 Å². The lowest BCUT2D eigenvalue weighted by Crippen LogP contribution is -2.27. The van der Waals surface area contributed by atoms with E-state index in [1.54, 1.807) is 11.1 Å². The normalized spacial score (nSPS) is 14.2. The smallest absolute Gasteiger partial charge is 0.00606 e. The molecule has 2 heteroatoms. The van der Waals surface area contributed by atoms with Crippen LogP contribution in [0.15, 0.2) is 36.4 Å². The maximum atomic E-state index is 2.52. The number of benzene rings is 2. The summed E-state index contributed by atoms with van der Waals surface area (Å²) in [5.41, 5.74) is 3.20. The summed E-state index contributed by atoms with van der Waals surface area (Å²) < 4.78 is 0. The van der Waals surface area contributed by atoms with E-state index >= 15 is 0 Å². The highest BCUT2D eigenvalue weighted by molar-refractivity contribution is 7.60. The van der Waals surface area contributed by atoms with Crippen molar-refractivity contribution in [3.05, 3.63) is 47.5 Å². The first-order valence-electron chi connectivity index (χ1n) is 11.5. The average molecular weight is 445 g/mol. The molecule has 0 unspecified atom stereocenters. The Hall–Kier alpha value is -0.440. The minimum atomic E-state index is -0.165. The molecule has 0 saturated carbocycles. The minimum absolute atomic E-state index is 0.165. The van der Waals surface area contributed by atoms with Gasteiger partial charge in [-0.05, 0) is 54.8 Å². The van der Waals surface area contributed by atoms with E-state index in [1.165, 1.54) is 23.1 Å². The van der Waals surface area contributed by atoms with Crippen molar-refractivity contribution in [2.45, 2.75) is 116 Å². The molecular formula is C28H46P2. The van der Waals surface area contributed by atoms with Crippen molar-refractivity contribution in [1.29, 1.82) is 0 Å². The summed E-state index contributed by atoms with van der Waals surface area (Å²) in [7, 11) is -0.329. The van der Waals surface area contributed by atoms with Crippen LogP contribution in [0.5, 0.6) is 0 Å². The maximum absolute atomic E-state index is 2.52. The third-order valence-corrected chi connectivity index (χ3v) is 13.8. The molecule has 0 heterocycles. The van der Waals surface area contributed by atoms with Crippen molar-refractivity contribution in [3.63, 3.8) is 0 Å². The molecule has 0 amide bonds. The topological polar surface area (TPSA) is 0 Å². The van der Waals surface area contributed by atoms with Crippen molar-refractivity contribution in [2.24, 2.45) is 0 Å². The van der Waals surface area contributed by atoms with Gasteiger partial charge in [-0.15, -0.1) is 0 Å². The molecule has 0 saturated heterocycles. The fourth-order valence-corrected chi connectivity index (χ4v) is 12.1. The Morgan fingerprint density at radius 3 is 1.00 bits per heavy atom. The van der Waals surface area contributed by atoms with Gasteiger partial charge in [-0.2, -0.15) is 0 Å². The standard InChI is InChI=1S/C28H46P2/c1-25(2,3)29(26(4,5)6)19-23-17-21-15-13-14-16-22(21)18-24(23)20-30(27(7,8)9)28(10,11)12/h13-18H,19-20H2,1-12H3. The van der Waals surface area contributed by atoms with Crippen LogP contribution in [0, 0.1) is 0 Å². The van der Waals surface area contributed by atoms with Gasteiger partial charge in [0, 0.05) is 0 Å². The molecule has 0 aliphatic rings. The van der Waals surface area contributed by atoms with E-state index in [2.05, 4.69) is 119 Å². The van der Waals surface area contributed by atoms with Crippen LogP contribution in [0.2, 0.25) is 0 Å². The second kappa shape index (κ2) is 8.83. The molecule has 0 aliphatic carbocycles. The van der Waals surface area contributed by atoms with Crippen LogP contribution < -0.4 is 0 Å². The third-order valence-electron chi connectivity index (χ3n) is 5.96. The van der Waals surface area contributed by atoms with Gasteiger partial charge < -0.3 is 0 Å². The molecule has 0 fully saturated rings. The lowest BCUT2D eigenvalue weighted by molar-refractivity contribution is 0.699. The maximum Gasteiger partial charge on any atom is -0.00606 e. The summed E-state index contributed by atoms with van der Waals surface area (Å²) in [5, 5.41) is 4.16. The summed E-state index contributed by atoms with van der Waals surface area (Å²) in [4.78, 5) is 0. The van der Waals surface area contributed by atoms with Gasteiger partial charge in [0.05, 0.1) is 0 Å².